The zero-order valence-electron chi connectivity index (χ0n) is 14.6. The molecule has 0 saturated carbocycles. The van der Waals surface area contributed by atoms with Crippen LogP contribution in [0.3, 0.4) is 0 Å². The van der Waals surface area contributed by atoms with E-state index in [-0.39, 0.29) is 12.0 Å². The summed E-state index contributed by atoms with van der Waals surface area (Å²) in [7, 11) is 1.57. The first kappa shape index (κ1) is 19.1. The molecule has 0 fully saturated rings. The van der Waals surface area contributed by atoms with Crippen LogP contribution in [0.4, 0.5) is 5.69 Å². The summed E-state index contributed by atoms with van der Waals surface area (Å²) in [6.45, 7) is 0.409. The van der Waals surface area contributed by atoms with Gasteiger partial charge in [0.15, 0.2) is 5.96 Å². The van der Waals surface area contributed by atoms with Crippen LogP contribution in [-0.4, -0.2) is 29.4 Å². The number of hydrogen-bond acceptors (Lipinski definition) is 3. The first-order valence-corrected chi connectivity index (χ1v) is 8.97. The van der Waals surface area contributed by atoms with Gasteiger partial charge in [0, 0.05) is 23.1 Å². The van der Waals surface area contributed by atoms with Crippen molar-refractivity contribution in [1.82, 2.24) is 9.78 Å². The van der Waals surface area contributed by atoms with E-state index in [1.807, 2.05) is 47.3 Å². The SMILES string of the molecule is COc1ccc(NC(N)=NCC(c2ccc(Cl)cc2)n2cccn2)cc1Cl. The largest absolute Gasteiger partial charge is 0.495 e. The van der Waals surface area contributed by atoms with E-state index in [1.165, 1.54) is 0 Å². The Kier molecular flexibility index (Phi) is 6.21. The molecule has 140 valence electrons. The number of hydrogen-bond donors (Lipinski definition) is 2. The van der Waals surface area contributed by atoms with Crippen LogP contribution in [0.2, 0.25) is 10.0 Å². The van der Waals surface area contributed by atoms with Gasteiger partial charge in [-0.2, -0.15) is 5.10 Å². The molecule has 1 atom stereocenters. The van der Waals surface area contributed by atoms with Gasteiger partial charge in [0.25, 0.3) is 0 Å². The Morgan fingerprint density at radius 3 is 2.67 bits per heavy atom. The van der Waals surface area contributed by atoms with Crippen molar-refractivity contribution < 1.29 is 4.74 Å². The lowest BCUT2D eigenvalue weighted by Crippen LogP contribution is -2.25. The molecule has 3 aromatic rings. The molecule has 0 amide bonds. The molecule has 0 aliphatic carbocycles. The van der Waals surface area contributed by atoms with Crippen LogP contribution in [0, 0.1) is 0 Å². The number of rotatable bonds is 6. The van der Waals surface area contributed by atoms with Crippen molar-refractivity contribution in [3.63, 3.8) is 0 Å². The number of halogens is 2. The van der Waals surface area contributed by atoms with Crippen molar-refractivity contribution in [2.45, 2.75) is 6.04 Å². The number of guanidine groups is 1. The van der Waals surface area contributed by atoms with Gasteiger partial charge in [-0.25, -0.2) is 0 Å². The van der Waals surface area contributed by atoms with Crippen LogP contribution in [0.15, 0.2) is 65.9 Å². The number of aromatic nitrogens is 2. The molecular weight excluding hydrogens is 385 g/mol. The number of anilines is 1. The summed E-state index contributed by atoms with van der Waals surface area (Å²) in [5, 5.41) is 8.53. The molecule has 27 heavy (non-hydrogen) atoms. The predicted octanol–water partition coefficient (Wildman–Crippen LogP) is 4.21. The minimum Gasteiger partial charge on any atom is -0.495 e. The summed E-state index contributed by atoms with van der Waals surface area (Å²) in [6, 6.07) is 14.7. The number of ether oxygens (including phenoxy) is 1. The van der Waals surface area contributed by atoms with Crippen LogP contribution in [-0.2, 0) is 0 Å². The maximum atomic E-state index is 6.13. The Morgan fingerprint density at radius 2 is 2.04 bits per heavy atom. The van der Waals surface area contributed by atoms with E-state index in [0.29, 0.717) is 22.3 Å². The smallest absolute Gasteiger partial charge is 0.193 e. The van der Waals surface area contributed by atoms with Crippen molar-refractivity contribution in [3.05, 3.63) is 76.5 Å². The van der Waals surface area contributed by atoms with Gasteiger partial charge >= 0.3 is 0 Å². The molecule has 0 bridgehead atoms. The minimum absolute atomic E-state index is 0.0999. The second-order valence-electron chi connectivity index (χ2n) is 5.75. The highest BCUT2D eigenvalue weighted by Gasteiger charge is 2.14. The molecule has 2 aromatic carbocycles. The summed E-state index contributed by atoms with van der Waals surface area (Å²) in [5.74, 6) is 0.876. The quantitative estimate of drug-likeness (QED) is 0.477. The molecule has 3 rings (SSSR count). The average molecular weight is 404 g/mol. The molecule has 0 aliphatic heterocycles. The normalized spacial score (nSPS) is 12.6. The summed E-state index contributed by atoms with van der Waals surface area (Å²) in [5.41, 5.74) is 7.80. The molecule has 0 aliphatic rings. The van der Waals surface area contributed by atoms with Gasteiger partial charge in [0.05, 0.1) is 24.7 Å². The van der Waals surface area contributed by atoms with E-state index in [4.69, 9.17) is 33.7 Å². The van der Waals surface area contributed by atoms with Gasteiger partial charge in [-0.15, -0.1) is 0 Å². The third kappa shape index (κ3) is 4.93. The third-order valence-corrected chi connectivity index (χ3v) is 4.51. The van der Waals surface area contributed by atoms with Crippen molar-refractivity contribution in [1.29, 1.82) is 0 Å². The Labute approximate surface area is 167 Å². The number of methoxy groups -OCH3 is 1. The zero-order valence-corrected chi connectivity index (χ0v) is 16.2. The zero-order chi connectivity index (χ0) is 19.2. The number of nitrogens with two attached hydrogens (primary N) is 1. The molecular formula is C19H19Cl2N5O. The molecule has 1 aromatic heterocycles. The minimum atomic E-state index is -0.0999. The number of nitrogens with one attached hydrogen (secondary N) is 1. The van der Waals surface area contributed by atoms with Gasteiger partial charge in [0.2, 0.25) is 0 Å². The second-order valence-corrected chi connectivity index (χ2v) is 6.60. The van der Waals surface area contributed by atoms with Gasteiger partial charge < -0.3 is 15.8 Å². The highest BCUT2D eigenvalue weighted by molar-refractivity contribution is 6.32. The molecule has 6 nitrogen and oxygen atoms in total. The van der Waals surface area contributed by atoms with Crippen molar-refractivity contribution in [3.8, 4) is 5.75 Å². The first-order valence-electron chi connectivity index (χ1n) is 8.22. The Hall–Kier alpha value is -2.70. The van der Waals surface area contributed by atoms with Crippen molar-refractivity contribution >= 4 is 34.8 Å². The molecule has 0 radical (unpaired) electrons. The van der Waals surface area contributed by atoms with Crippen LogP contribution in [0.5, 0.6) is 5.75 Å². The fourth-order valence-corrected chi connectivity index (χ4v) is 2.99. The van der Waals surface area contributed by atoms with E-state index in [9.17, 15) is 0 Å². The lowest BCUT2D eigenvalue weighted by molar-refractivity contribution is 0.415. The Morgan fingerprint density at radius 1 is 1.26 bits per heavy atom. The van der Waals surface area contributed by atoms with Gasteiger partial charge in [-0.1, -0.05) is 35.3 Å². The standard InChI is InChI=1S/C19H19Cl2N5O/c1-27-18-8-7-15(11-16(18)21)25-19(22)23-12-17(26-10-2-9-24-26)13-3-5-14(20)6-4-13/h2-11,17H,12H2,1H3,(H3,22,23,25). The lowest BCUT2D eigenvalue weighted by Gasteiger charge is -2.17. The molecule has 1 unspecified atom stereocenters. The van der Waals surface area contributed by atoms with Crippen molar-refractivity contribution in [2.24, 2.45) is 10.7 Å². The predicted molar refractivity (Wildman–Crippen MR) is 110 cm³/mol. The highest BCUT2D eigenvalue weighted by Crippen LogP contribution is 2.27. The summed E-state index contributed by atoms with van der Waals surface area (Å²) in [4.78, 5) is 4.46. The molecule has 1 heterocycles. The number of aliphatic imine (C=N–C) groups is 1. The van der Waals surface area contributed by atoms with Gasteiger partial charge in [-0.05, 0) is 42.0 Å². The van der Waals surface area contributed by atoms with E-state index in [0.717, 1.165) is 11.3 Å². The lowest BCUT2D eigenvalue weighted by atomic mass is 10.1. The average Bonchev–Trinajstić information content (AvgIpc) is 3.18. The monoisotopic (exact) mass is 403 g/mol. The maximum Gasteiger partial charge on any atom is 0.193 e. The molecule has 3 N–H and O–H groups in total. The summed E-state index contributed by atoms with van der Waals surface area (Å²) >= 11 is 12.1. The van der Waals surface area contributed by atoms with E-state index in [1.54, 1.807) is 25.4 Å². The molecule has 0 saturated heterocycles. The summed E-state index contributed by atoms with van der Waals surface area (Å²) < 4.78 is 6.98. The van der Waals surface area contributed by atoms with E-state index in [2.05, 4.69) is 15.4 Å². The van der Waals surface area contributed by atoms with Gasteiger partial charge in [0.1, 0.15) is 5.75 Å². The van der Waals surface area contributed by atoms with Crippen LogP contribution in [0.1, 0.15) is 11.6 Å². The highest BCUT2D eigenvalue weighted by atomic mass is 35.5. The fraction of sp³-hybridized carbons (Fsp3) is 0.158. The third-order valence-electron chi connectivity index (χ3n) is 3.96. The number of nitrogens with zero attached hydrogens (tertiary/aromatic N) is 3. The first-order chi connectivity index (χ1) is 13.1. The molecule has 0 spiro atoms. The maximum absolute atomic E-state index is 6.13. The number of benzene rings is 2. The van der Waals surface area contributed by atoms with Crippen LogP contribution in [0.25, 0.3) is 0 Å². The Balaban J connectivity index is 1.75. The fourth-order valence-electron chi connectivity index (χ4n) is 2.61. The van der Waals surface area contributed by atoms with Crippen LogP contribution < -0.4 is 15.8 Å². The molecule has 8 heteroatoms. The second kappa shape index (κ2) is 8.79. The van der Waals surface area contributed by atoms with Crippen LogP contribution >= 0.6 is 23.2 Å². The van der Waals surface area contributed by atoms with Gasteiger partial charge in [-0.3, -0.25) is 9.67 Å². The topological polar surface area (TPSA) is 77.5 Å². The van der Waals surface area contributed by atoms with E-state index < -0.39 is 0 Å². The summed E-state index contributed by atoms with van der Waals surface area (Å²) in [6.07, 6.45) is 3.62. The van der Waals surface area contributed by atoms with Crippen molar-refractivity contribution in [2.75, 3.05) is 19.0 Å². The Bertz CT molecular complexity index is 910. The van der Waals surface area contributed by atoms with E-state index >= 15 is 0 Å².